The van der Waals surface area contributed by atoms with Crippen molar-refractivity contribution in [2.24, 2.45) is 5.92 Å². The Balaban J connectivity index is 1.34. The Labute approximate surface area is 146 Å². The number of nitrogens with one attached hydrogen (secondary N) is 1. The third-order valence-electron chi connectivity index (χ3n) is 4.62. The van der Waals surface area contributed by atoms with Crippen molar-refractivity contribution in [1.82, 2.24) is 5.32 Å². The van der Waals surface area contributed by atoms with Crippen LogP contribution in [0.4, 0.5) is 0 Å². The molecule has 0 radical (unpaired) electrons. The summed E-state index contributed by atoms with van der Waals surface area (Å²) in [5.41, 5.74) is 0.905. The predicted octanol–water partition coefficient (Wildman–Crippen LogP) is 3.50. The van der Waals surface area contributed by atoms with Gasteiger partial charge < -0.3 is 19.2 Å². The van der Waals surface area contributed by atoms with E-state index in [9.17, 15) is 4.79 Å². The van der Waals surface area contributed by atoms with Crippen molar-refractivity contribution in [3.63, 3.8) is 0 Å². The van der Waals surface area contributed by atoms with Gasteiger partial charge in [0.05, 0.1) is 0 Å². The first-order chi connectivity index (χ1) is 12.2. The zero-order valence-corrected chi connectivity index (χ0v) is 14.2. The molecule has 25 heavy (non-hydrogen) atoms. The molecule has 0 saturated heterocycles. The summed E-state index contributed by atoms with van der Waals surface area (Å²) in [4.78, 5) is 12.1. The van der Waals surface area contributed by atoms with E-state index in [-0.39, 0.29) is 5.91 Å². The third-order valence-corrected chi connectivity index (χ3v) is 4.62. The van der Waals surface area contributed by atoms with E-state index in [0.29, 0.717) is 43.1 Å². The second-order valence-electron chi connectivity index (χ2n) is 6.55. The van der Waals surface area contributed by atoms with Gasteiger partial charge in [-0.25, -0.2) is 0 Å². The fourth-order valence-electron chi connectivity index (χ4n) is 3.05. The predicted molar refractivity (Wildman–Crippen MR) is 93.5 cm³/mol. The number of para-hydroxylation sites is 1. The van der Waals surface area contributed by atoms with Gasteiger partial charge >= 0.3 is 0 Å². The SMILES string of the molecule is CC1CC1c1ccc(/C=C/C(=O)NCc2cccc3c2OCCO3)o1. The van der Waals surface area contributed by atoms with Crippen LogP contribution in [0.5, 0.6) is 11.5 Å². The minimum atomic E-state index is -0.174. The summed E-state index contributed by atoms with van der Waals surface area (Å²) in [6.07, 6.45) is 4.38. The summed E-state index contributed by atoms with van der Waals surface area (Å²) in [6.45, 7) is 3.68. The van der Waals surface area contributed by atoms with Gasteiger partial charge in [-0.2, -0.15) is 0 Å². The summed E-state index contributed by atoms with van der Waals surface area (Å²) in [5.74, 6) is 4.24. The lowest BCUT2D eigenvalue weighted by atomic mass is 10.1. The molecule has 1 aliphatic heterocycles. The number of carbonyl (C=O) groups is 1. The summed E-state index contributed by atoms with van der Waals surface area (Å²) < 4.78 is 17.0. The summed E-state index contributed by atoms with van der Waals surface area (Å²) in [7, 11) is 0. The van der Waals surface area contributed by atoms with Crippen LogP contribution in [0.3, 0.4) is 0 Å². The maximum absolute atomic E-state index is 12.1. The maximum Gasteiger partial charge on any atom is 0.244 e. The Hall–Kier alpha value is -2.69. The molecule has 1 aliphatic carbocycles. The monoisotopic (exact) mass is 339 g/mol. The van der Waals surface area contributed by atoms with Crippen molar-refractivity contribution >= 4 is 12.0 Å². The first kappa shape index (κ1) is 15.8. The van der Waals surface area contributed by atoms with Crippen LogP contribution in [0, 0.1) is 5.92 Å². The quantitative estimate of drug-likeness (QED) is 0.847. The Bertz CT molecular complexity index is 808. The molecule has 2 aromatic rings. The van der Waals surface area contributed by atoms with Gasteiger partial charge in [-0.1, -0.05) is 19.1 Å². The molecule has 2 atom stereocenters. The average molecular weight is 339 g/mol. The van der Waals surface area contributed by atoms with Gasteiger partial charge in [-0.3, -0.25) is 4.79 Å². The zero-order valence-electron chi connectivity index (χ0n) is 14.2. The number of fused-ring (bicyclic) bond motifs is 1. The zero-order chi connectivity index (χ0) is 17.2. The first-order valence-electron chi connectivity index (χ1n) is 8.64. The van der Waals surface area contributed by atoms with Crippen molar-refractivity contribution in [3.8, 4) is 11.5 Å². The van der Waals surface area contributed by atoms with Crippen LogP contribution in [-0.2, 0) is 11.3 Å². The van der Waals surface area contributed by atoms with Crippen LogP contribution in [0.25, 0.3) is 6.08 Å². The number of hydrogen-bond acceptors (Lipinski definition) is 4. The van der Waals surface area contributed by atoms with E-state index in [1.54, 1.807) is 6.08 Å². The highest BCUT2D eigenvalue weighted by Crippen LogP contribution is 2.47. The molecule has 5 nitrogen and oxygen atoms in total. The molecule has 2 heterocycles. The van der Waals surface area contributed by atoms with Crippen molar-refractivity contribution in [2.75, 3.05) is 13.2 Å². The molecule has 2 unspecified atom stereocenters. The molecular formula is C20H21NO4. The number of hydrogen-bond donors (Lipinski definition) is 1. The fraction of sp³-hybridized carbons (Fsp3) is 0.350. The molecule has 4 rings (SSSR count). The van der Waals surface area contributed by atoms with Crippen LogP contribution in [-0.4, -0.2) is 19.1 Å². The molecule has 1 aromatic carbocycles. The highest BCUT2D eigenvalue weighted by atomic mass is 16.6. The number of furan rings is 1. The molecule has 2 aliphatic rings. The maximum atomic E-state index is 12.1. The van der Waals surface area contributed by atoms with E-state index in [4.69, 9.17) is 13.9 Å². The third kappa shape index (κ3) is 3.55. The Morgan fingerprint density at radius 3 is 2.92 bits per heavy atom. The number of benzene rings is 1. The average Bonchev–Trinajstić information content (AvgIpc) is 3.18. The van der Waals surface area contributed by atoms with Crippen LogP contribution in [0.15, 0.2) is 40.8 Å². The van der Waals surface area contributed by atoms with E-state index in [2.05, 4.69) is 12.2 Å². The minimum absolute atomic E-state index is 0.174. The molecule has 1 saturated carbocycles. The van der Waals surface area contributed by atoms with Gasteiger partial charge in [0.1, 0.15) is 24.7 Å². The van der Waals surface area contributed by atoms with Crippen LogP contribution < -0.4 is 14.8 Å². The first-order valence-corrected chi connectivity index (χ1v) is 8.64. The van der Waals surface area contributed by atoms with Crippen molar-refractivity contribution in [2.45, 2.75) is 25.8 Å². The van der Waals surface area contributed by atoms with E-state index >= 15 is 0 Å². The lowest BCUT2D eigenvalue weighted by molar-refractivity contribution is -0.116. The van der Waals surface area contributed by atoms with Crippen LogP contribution >= 0.6 is 0 Å². The van der Waals surface area contributed by atoms with Crippen molar-refractivity contribution < 1.29 is 18.7 Å². The normalized spacial score (nSPS) is 21.3. The van der Waals surface area contributed by atoms with E-state index in [1.807, 2.05) is 30.3 Å². The lowest BCUT2D eigenvalue weighted by Gasteiger charge is -2.20. The molecule has 130 valence electrons. The van der Waals surface area contributed by atoms with Crippen molar-refractivity contribution in [3.05, 3.63) is 53.5 Å². The molecule has 0 spiro atoms. The summed E-state index contributed by atoms with van der Waals surface area (Å²) >= 11 is 0. The Kier molecular flexibility index (Phi) is 4.22. The second kappa shape index (κ2) is 6.67. The minimum Gasteiger partial charge on any atom is -0.486 e. The molecule has 1 N–H and O–H groups in total. The summed E-state index contributed by atoms with van der Waals surface area (Å²) in [6, 6.07) is 9.60. The largest absolute Gasteiger partial charge is 0.486 e. The van der Waals surface area contributed by atoms with E-state index < -0.39 is 0 Å². The van der Waals surface area contributed by atoms with Gasteiger partial charge in [0.25, 0.3) is 0 Å². The fourth-order valence-corrected chi connectivity index (χ4v) is 3.05. The molecule has 1 fully saturated rings. The van der Waals surface area contributed by atoms with Gasteiger partial charge in [0.2, 0.25) is 5.91 Å². The molecule has 0 bridgehead atoms. The number of ether oxygens (including phenoxy) is 2. The standard InChI is InChI=1S/C20H21NO4/c1-13-11-16(13)17-7-5-15(25-17)6-8-19(22)21-12-14-3-2-4-18-20(14)24-10-9-23-18/h2-8,13,16H,9-12H2,1H3,(H,21,22)/b8-6+. The van der Waals surface area contributed by atoms with Gasteiger partial charge in [0, 0.05) is 24.1 Å². The van der Waals surface area contributed by atoms with Gasteiger partial charge in [-0.15, -0.1) is 0 Å². The molecule has 1 amide bonds. The molecule has 1 aromatic heterocycles. The van der Waals surface area contributed by atoms with Crippen LogP contribution in [0.2, 0.25) is 0 Å². The van der Waals surface area contributed by atoms with Gasteiger partial charge in [0.15, 0.2) is 11.5 Å². The van der Waals surface area contributed by atoms with E-state index in [1.165, 1.54) is 12.5 Å². The molecule has 5 heteroatoms. The van der Waals surface area contributed by atoms with Crippen molar-refractivity contribution in [1.29, 1.82) is 0 Å². The highest BCUT2D eigenvalue weighted by molar-refractivity contribution is 5.91. The van der Waals surface area contributed by atoms with Gasteiger partial charge in [-0.05, 0) is 36.6 Å². The van der Waals surface area contributed by atoms with E-state index in [0.717, 1.165) is 17.1 Å². The number of amides is 1. The smallest absolute Gasteiger partial charge is 0.244 e. The topological polar surface area (TPSA) is 60.7 Å². The van der Waals surface area contributed by atoms with Crippen LogP contribution in [0.1, 0.15) is 36.3 Å². The number of rotatable bonds is 5. The highest BCUT2D eigenvalue weighted by Gasteiger charge is 2.36. The number of carbonyl (C=O) groups excluding carboxylic acids is 1. The second-order valence-corrected chi connectivity index (χ2v) is 6.55. The lowest BCUT2D eigenvalue weighted by Crippen LogP contribution is -2.22. The Morgan fingerprint density at radius 2 is 2.08 bits per heavy atom. The molecular weight excluding hydrogens is 318 g/mol. The Morgan fingerprint density at radius 1 is 1.24 bits per heavy atom. The summed E-state index contributed by atoms with van der Waals surface area (Å²) in [5, 5.41) is 2.87.